The molecule has 3 unspecified atom stereocenters. The minimum absolute atomic E-state index is 0.0112. The van der Waals surface area contributed by atoms with Crippen molar-refractivity contribution < 1.29 is 32.9 Å². The Labute approximate surface area is 320 Å². The van der Waals surface area contributed by atoms with Crippen LogP contribution in [-0.2, 0) is 18.4 Å². The van der Waals surface area contributed by atoms with E-state index >= 15 is 0 Å². The minimum Gasteiger partial charge on any atom is -0.756 e. The second-order valence-corrected chi connectivity index (χ2v) is 16.7. The van der Waals surface area contributed by atoms with E-state index in [0.717, 1.165) is 51.4 Å². The quantitative estimate of drug-likeness (QED) is 0.0283. The number of hydrogen-bond donors (Lipinski definition) is 2. The predicted octanol–water partition coefficient (Wildman–Crippen LogP) is 10.7. The van der Waals surface area contributed by atoms with Crippen LogP contribution in [0.1, 0.15) is 168 Å². The number of likely N-dealkylation sites (N-methyl/N-ethyl adjacent to an activating group) is 1. The molecule has 52 heavy (non-hydrogen) atoms. The van der Waals surface area contributed by atoms with Gasteiger partial charge in [-0.3, -0.25) is 9.36 Å². The molecule has 0 aromatic carbocycles. The number of nitrogens with zero attached hydrogens (tertiary/aromatic N) is 1. The first-order chi connectivity index (χ1) is 25.0. The van der Waals surface area contributed by atoms with Gasteiger partial charge in [0.25, 0.3) is 7.82 Å². The summed E-state index contributed by atoms with van der Waals surface area (Å²) in [5.41, 5.74) is 0. The Morgan fingerprint density at radius 3 is 1.63 bits per heavy atom. The van der Waals surface area contributed by atoms with Gasteiger partial charge >= 0.3 is 0 Å². The molecule has 3 atom stereocenters. The van der Waals surface area contributed by atoms with Gasteiger partial charge in [0.1, 0.15) is 13.2 Å². The molecule has 0 radical (unpaired) electrons. The van der Waals surface area contributed by atoms with Gasteiger partial charge in [0.05, 0.1) is 39.9 Å². The summed E-state index contributed by atoms with van der Waals surface area (Å²) in [4.78, 5) is 25.2. The monoisotopic (exact) mass is 753 g/mol. The zero-order valence-corrected chi connectivity index (χ0v) is 35.1. The Kier molecular flexibility index (Phi) is 34.1. The van der Waals surface area contributed by atoms with E-state index in [9.17, 15) is 19.4 Å². The minimum atomic E-state index is -4.59. The average Bonchev–Trinajstić information content (AvgIpc) is 3.09. The van der Waals surface area contributed by atoms with Crippen molar-refractivity contribution in [2.24, 2.45) is 0 Å². The van der Waals surface area contributed by atoms with Crippen LogP contribution in [0.3, 0.4) is 0 Å². The van der Waals surface area contributed by atoms with Crippen LogP contribution in [0.15, 0.2) is 48.6 Å². The first kappa shape index (κ1) is 50.5. The van der Waals surface area contributed by atoms with E-state index in [4.69, 9.17) is 9.05 Å². The fourth-order valence-corrected chi connectivity index (χ4v) is 6.32. The number of hydrogen-bond acceptors (Lipinski definition) is 6. The molecule has 0 spiro atoms. The van der Waals surface area contributed by atoms with Gasteiger partial charge in [-0.1, -0.05) is 146 Å². The lowest BCUT2D eigenvalue weighted by molar-refractivity contribution is -0.870. The lowest BCUT2D eigenvalue weighted by Crippen LogP contribution is -2.45. The van der Waals surface area contributed by atoms with Crippen molar-refractivity contribution in [3.8, 4) is 0 Å². The molecular formula is C43H81N2O6P. The maximum absolute atomic E-state index is 12.8. The van der Waals surface area contributed by atoms with Gasteiger partial charge in [-0.05, 0) is 64.2 Å². The van der Waals surface area contributed by atoms with Gasteiger partial charge in [0.15, 0.2) is 0 Å². The fraction of sp³-hybridized carbons (Fsp3) is 0.791. The van der Waals surface area contributed by atoms with Crippen molar-refractivity contribution in [1.29, 1.82) is 0 Å². The van der Waals surface area contributed by atoms with Crippen LogP contribution in [0.25, 0.3) is 0 Å². The fourth-order valence-electron chi connectivity index (χ4n) is 5.60. The number of phosphoric ester groups is 1. The summed E-state index contributed by atoms with van der Waals surface area (Å²) in [6.07, 6.45) is 43.1. The molecular weight excluding hydrogens is 671 g/mol. The van der Waals surface area contributed by atoms with E-state index in [-0.39, 0.29) is 12.5 Å². The Balaban J connectivity index is 4.43. The Bertz CT molecular complexity index is 991. The molecule has 1 amide bonds. The molecule has 0 heterocycles. The average molecular weight is 753 g/mol. The molecule has 2 N–H and O–H groups in total. The van der Waals surface area contributed by atoms with Crippen molar-refractivity contribution in [3.63, 3.8) is 0 Å². The summed E-state index contributed by atoms with van der Waals surface area (Å²) in [5, 5.41) is 13.7. The summed E-state index contributed by atoms with van der Waals surface area (Å²) in [7, 11) is 1.22. The van der Waals surface area contributed by atoms with Gasteiger partial charge in [0.2, 0.25) is 5.91 Å². The number of aliphatic hydroxyl groups is 1. The van der Waals surface area contributed by atoms with Crippen LogP contribution < -0.4 is 10.2 Å². The van der Waals surface area contributed by atoms with Gasteiger partial charge in [-0.2, -0.15) is 0 Å². The van der Waals surface area contributed by atoms with Crippen LogP contribution in [0.4, 0.5) is 0 Å². The number of phosphoric acid groups is 1. The van der Waals surface area contributed by atoms with E-state index in [1.54, 1.807) is 6.08 Å². The highest BCUT2D eigenvalue weighted by Gasteiger charge is 2.23. The van der Waals surface area contributed by atoms with Crippen molar-refractivity contribution in [2.75, 3.05) is 40.9 Å². The SMILES string of the molecule is CCC/C=C/CC/C=C/CC/C=C/C(O)C(COP(=O)([O-])OCC[N+](C)(C)C)NC(=O)CCCCCCCCC/C=C\CCCCCCCCCC. The molecule has 9 heteroatoms. The second-order valence-electron chi connectivity index (χ2n) is 15.3. The third kappa shape index (κ3) is 36.8. The molecule has 0 aliphatic heterocycles. The Morgan fingerprint density at radius 2 is 1.12 bits per heavy atom. The first-order valence-corrected chi connectivity index (χ1v) is 22.5. The van der Waals surface area contributed by atoms with E-state index in [0.29, 0.717) is 17.4 Å². The van der Waals surface area contributed by atoms with Gasteiger partial charge < -0.3 is 28.8 Å². The smallest absolute Gasteiger partial charge is 0.268 e. The third-order valence-electron chi connectivity index (χ3n) is 8.97. The van der Waals surface area contributed by atoms with Crippen LogP contribution in [0, 0.1) is 0 Å². The maximum Gasteiger partial charge on any atom is 0.268 e. The summed E-state index contributed by atoms with van der Waals surface area (Å²) >= 11 is 0. The predicted molar refractivity (Wildman–Crippen MR) is 219 cm³/mol. The van der Waals surface area contributed by atoms with E-state index in [2.05, 4.69) is 55.6 Å². The molecule has 0 aliphatic rings. The molecule has 0 bridgehead atoms. The van der Waals surface area contributed by atoms with Crippen molar-refractivity contribution in [1.82, 2.24) is 5.32 Å². The van der Waals surface area contributed by atoms with Crippen molar-refractivity contribution >= 4 is 13.7 Å². The van der Waals surface area contributed by atoms with Crippen molar-refractivity contribution in [3.05, 3.63) is 48.6 Å². The number of nitrogens with one attached hydrogen (secondary N) is 1. The number of aliphatic hydroxyl groups excluding tert-OH is 1. The third-order valence-corrected chi connectivity index (χ3v) is 9.93. The lowest BCUT2D eigenvalue weighted by Gasteiger charge is -2.29. The van der Waals surface area contributed by atoms with E-state index < -0.39 is 26.6 Å². The zero-order chi connectivity index (χ0) is 38.6. The number of unbranched alkanes of at least 4 members (excludes halogenated alkanes) is 18. The standard InChI is InChI=1S/C43H81N2O6P/c1-6-8-10-12-14-16-18-19-20-21-22-23-24-25-27-29-31-33-35-37-43(47)44-41(40-51-52(48,49)50-39-38-45(3,4)5)42(46)36-34-32-30-28-26-17-15-13-11-9-7-2/h11,13,21-22,26,28,34,36,41-42,46H,6-10,12,14-20,23-25,27,29-33,35,37-40H2,1-5H3,(H-,44,47,48,49)/b13-11+,22-21-,28-26+,36-34+. The lowest BCUT2D eigenvalue weighted by atomic mass is 10.1. The van der Waals surface area contributed by atoms with Crippen LogP contribution in [-0.4, -0.2) is 68.5 Å². The normalized spacial score (nSPS) is 15.0. The number of amides is 1. The largest absolute Gasteiger partial charge is 0.756 e. The topological polar surface area (TPSA) is 108 Å². The molecule has 0 saturated carbocycles. The number of quaternary nitrogens is 1. The first-order valence-electron chi connectivity index (χ1n) is 21.0. The number of carbonyl (C=O) groups is 1. The number of carbonyl (C=O) groups excluding carboxylic acids is 1. The summed E-state index contributed by atoms with van der Waals surface area (Å²) in [5.74, 6) is -0.220. The molecule has 8 nitrogen and oxygen atoms in total. The zero-order valence-electron chi connectivity index (χ0n) is 34.2. The molecule has 0 saturated heterocycles. The molecule has 0 aliphatic carbocycles. The highest BCUT2D eigenvalue weighted by molar-refractivity contribution is 7.45. The van der Waals surface area contributed by atoms with Crippen LogP contribution in [0.2, 0.25) is 0 Å². The van der Waals surface area contributed by atoms with Gasteiger partial charge in [0, 0.05) is 6.42 Å². The highest BCUT2D eigenvalue weighted by atomic mass is 31.2. The second kappa shape index (κ2) is 35.2. The number of allylic oxidation sites excluding steroid dienone is 7. The summed E-state index contributed by atoms with van der Waals surface area (Å²) < 4.78 is 23.1. The maximum atomic E-state index is 12.8. The molecule has 0 aromatic heterocycles. The van der Waals surface area contributed by atoms with Crippen molar-refractivity contribution in [2.45, 2.75) is 180 Å². The van der Waals surface area contributed by atoms with E-state index in [1.165, 1.54) is 96.3 Å². The summed E-state index contributed by atoms with van der Waals surface area (Å²) in [6.45, 7) is 4.52. The molecule has 0 rings (SSSR count). The van der Waals surface area contributed by atoms with Gasteiger partial charge in [-0.15, -0.1) is 0 Å². The van der Waals surface area contributed by atoms with Gasteiger partial charge in [-0.25, -0.2) is 0 Å². The van der Waals surface area contributed by atoms with Crippen LogP contribution in [0.5, 0.6) is 0 Å². The number of rotatable bonds is 37. The van der Waals surface area contributed by atoms with E-state index in [1.807, 2.05) is 27.2 Å². The Morgan fingerprint density at radius 1 is 0.654 bits per heavy atom. The highest BCUT2D eigenvalue weighted by Crippen LogP contribution is 2.38. The molecule has 0 fully saturated rings. The molecule has 304 valence electrons. The summed E-state index contributed by atoms with van der Waals surface area (Å²) in [6, 6.07) is -0.909. The van der Waals surface area contributed by atoms with Crippen LogP contribution >= 0.6 is 7.82 Å². The molecule has 0 aromatic rings. The Hall–Kier alpha value is -1.54.